The molecular formula is C18H19N3O6. The zero-order chi connectivity index (χ0) is 19.0. The van der Waals surface area contributed by atoms with Crippen molar-refractivity contribution in [3.63, 3.8) is 0 Å². The van der Waals surface area contributed by atoms with Crippen molar-refractivity contribution in [2.45, 2.75) is 30.6 Å². The van der Waals surface area contributed by atoms with Gasteiger partial charge in [-0.15, -0.1) is 5.10 Å². The summed E-state index contributed by atoms with van der Waals surface area (Å²) in [5.41, 5.74) is 0.752. The van der Waals surface area contributed by atoms with Crippen LogP contribution >= 0.6 is 0 Å². The number of benzene rings is 2. The molecule has 5 atom stereocenters. The Labute approximate surface area is 153 Å². The lowest BCUT2D eigenvalue weighted by molar-refractivity contribution is -0.222. The first-order valence-corrected chi connectivity index (χ1v) is 8.47. The molecular weight excluding hydrogens is 354 g/mol. The van der Waals surface area contributed by atoms with Crippen molar-refractivity contribution in [1.29, 1.82) is 0 Å². The van der Waals surface area contributed by atoms with E-state index < -0.39 is 37.3 Å². The molecule has 4 rings (SSSR count). The van der Waals surface area contributed by atoms with Gasteiger partial charge in [-0.1, -0.05) is 41.5 Å². The second-order valence-corrected chi connectivity index (χ2v) is 6.33. The second kappa shape index (κ2) is 7.22. The topological polar surface area (TPSA) is 141 Å². The number of fused-ring (bicyclic) bond motifs is 1. The minimum absolute atomic E-state index is 0.0257. The summed E-state index contributed by atoms with van der Waals surface area (Å²) in [4.78, 5) is 0. The number of rotatable bonds is 4. The molecule has 5 N–H and O–H groups in total. The number of nitrogens with one attached hydrogen (secondary N) is 1. The third kappa shape index (κ3) is 3.27. The third-order valence-electron chi connectivity index (χ3n) is 4.60. The number of aromatic nitrogens is 2. The molecule has 27 heavy (non-hydrogen) atoms. The van der Waals surface area contributed by atoms with Gasteiger partial charge in [-0.3, -0.25) is 0 Å². The molecule has 2 heterocycles. The molecule has 0 bridgehead atoms. The van der Waals surface area contributed by atoms with Crippen LogP contribution in [0.4, 0.5) is 6.01 Å². The van der Waals surface area contributed by atoms with E-state index in [0.717, 1.165) is 16.3 Å². The number of hydrogen-bond acceptors (Lipinski definition) is 9. The molecule has 0 amide bonds. The van der Waals surface area contributed by atoms with E-state index in [9.17, 15) is 20.4 Å². The molecule has 0 spiro atoms. The fourth-order valence-electron chi connectivity index (χ4n) is 3.14. The molecule has 0 radical (unpaired) electrons. The molecule has 1 aliphatic heterocycles. The summed E-state index contributed by atoms with van der Waals surface area (Å²) in [7, 11) is 0. The van der Waals surface area contributed by atoms with Gasteiger partial charge in [0.15, 0.2) is 6.23 Å². The molecule has 0 aliphatic carbocycles. The van der Waals surface area contributed by atoms with Gasteiger partial charge in [0.05, 0.1) is 6.61 Å². The van der Waals surface area contributed by atoms with Crippen molar-refractivity contribution in [3.8, 4) is 11.5 Å². The van der Waals surface area contributed by atoms with Gasteiger partial charge in [-0.05, 0) is 16.8 Å². The van der Waals surface area contributed by atoms with E-state index in [0.29, 0.717) is 0 Å². The van der Waals surface area contributed by atoms with E-state index in [1.165, 1.54) is 0 Å². The Morgan fingerprint density at radius 2 is 1.70 bits per heavy atom. The minimum atomic E-state index is -1.49. The third-order valence-corrected chi connectivity index (χ3v) is 4.60. The van der Waals surface area contributed by atoms with E-state index >= 15 is 0 Å². The zero-order valence-electron chi connectivity index (χ0n) is 14.1. The summed E-state index contributed by atoms with van der Waals surface area (Å²) in [5.74, 6) is 0.277. The van der Waals surface area contributed by atoms with Crippen LogP contribution in [0.25, 0.3) is 22.2 Å². The van der Waals surface area contributed by atoms with Crippen LogP contribution in [0.15, 0.2) is 46.9 Å². The normalized spacial score (nSPS) is 28.4. The Hall–Kier alpha value is -2.56. The fraction of sp³-hybridized carbons (Fsp3) is 0.333. The van der Waals surface area contributed by atoms with Crippen LogP contribution in [-0.2, 0) is 4.74 Å². The van der Waals surface area contributed by atoms with Crippen LogP contribution in [0.3, 0.4) is 0 Å². The molecule has 0 unspecified atom stereocenters. The maximum absolute atomic E-state index is 10.1. The molecule has 1 aliphatic rings. The lowest BCUT2D eigenvalue weighted by Crippen LogP contribution is -2.60. The lowest BCUT2D eigenvalue weighted by atomic mass is 9.98. The molecule has 3 aromatic rings. The largest absolute Gasteiger partial charge is 0.403 e. The van der Waals surface area contributed by atoms with Crippen molar-refractivity contribution in [2.75, 3.05) is 11.9 Å². The monoisotopic (exact) mass is 373 g/mol. The molecule has 2 aromatic carbocycles. The summed E-state index contributed by atoms with van der Waals surface area (Å²) in [6, 6.07) is 13.5. The number of aliphatic hydroxyl groups excluding tert-OH is 4. The highest BCUT2D eigenvalue weighted by molar-refractivity contribution is 5.94. The summed E-state index contributed by atoms with van der Waals surface area (Å²) in [6.07, 6.45) is -6.54. The van der Waals surface area contributed by atoms with Crippen LogP contribution in [0.2, 0.25) is 0 Å². The average Bonchev–Trinajstić information content (AvgIpc) is 3.16. The van der Waals surface area contributed by atoms with Gasteiger partial charge >= 0.3 is 6.01 Å². The highest BCUT2D eigenvalue weighted by atomic mass is 16.6. The number of aliphatic hydroxyl groups is 4. The maximum atomic E-state index is 10.1. The number of anilines is 1. The van der Waals surface area contributed by atoms with Gasteiger partial charge in [0, 0.05) is 5.56 Å². The van der Waals surface area contributed by atoms with Gasteiger partial charge in [-0.2, -0.15) is 0 Å². The molecule has 142 valence electrons. The Morgan fingerprint density at radius 3 is 2.52 bits per heavy atom. The molecule has 1 saturated heterocycles. The summed E-state index contributed by atoms with van der Waals surface area (Å²) < 4.78 is 11.0. The first-order valence-electron chi connectivity index (χ1n) is 8.47. The predicted octanol–water partition coefficient (Wildman–Crippen LogP) is 0.102. The molecule has 9 heteroatoms. The summed E-state index contributed by atoms with van der Waals surface area (Å²) >= 11 is 0. The maximum Gasteiger partial charge on any atom is 0.317 e. The van der Waals surface area contributed by atoms with E-state index in [-0.39, 0.29) is 11.9 Å². The summed E-state index contributed by atoms with van der Waals surface area (Å²) in [5, 5.41) is 51.6. The molecule has 1 aromatic heterocycles. The van der Waals surface area contributed by atoms with Gasteiger partial charge in [0.2, 0.25) is 5.89 Å². The Balaban J connectivity index is 1.58. The standard InChI is InChI=1S/C18H19N3O6/c22-8-12-13(23)14(24)15(25)17(26-12)19-18-21-20-16(27-18)11-7-3-5-9-4-1-2-6-10(9)11/h1-7,12-15,17,22-25H,8H2,(H,19,21)/t12-,13-,14+,15-,17-/m1/s1. The van der Waals surface area contributed by atoms with Crippen LogP contribution in [-0.4, -0.2) is 67.9 Å². The minimum Gasteiger partial charge on any atom is -0.403 e. The Bertz CT molecular complexity index is 925. The smallest absolute Gasteiger partial charge is 0.317 e. The first-order chi connectivity index (χ1) is 13.1. The Morgan fingerprint density at radius 1 is 0.926 bits per heavy atom. The van der Waals surface area contributed by atoms with Crippen molar-refractivity contribution in [1.82, 2.24) is 10.2 Å². The van der Waals surface area contributed by atoms with Gasteiger partial charge in [0.1, 0.15) is 24.4 Å². The van der Waals surface area contributed by atoms with Gasteiger partial charge in [0.25, 0.3) is 0 Å². The highest BCUT2D eigenvalue weighted by Crippen LogP contribution is 2.29. The number of nitrogens with zero attached hydrogens (tertiary/aromatic N) is 2. The Kier molecular flexibility index (Phi) is 4.77. The SMILES string of the molecule is OC[C@H]1O[C@@H](Nc2nnc(-c3cccc4ccccc34)o2)[C@H](O)[C@@H](O)[C@@H]1O. The van der Waals surface area contributed by atoms with Crippen molar-refractivity contribution < 1.29 is 29.6 Å². The zero-order valence-corrected chi connectivity index (χ0v) is 14.1. The second-order valence-electron chi connectivity index (χ2n) is 6.33. The summed E-state index contributed by atoms with van der Waals surface area (Å²) in [6.45, 7) is -0.520. The van der Waals surface area contributed by atoms with Crippen molar-refractivity contribution in [2.24, 2.45) is 0 Å². The van der Waals surface area contributed by atoms with Crippen molar-refractivity contribution >= 4 is 16.8 Å². The molecule has 9 nitrogen and oxygen atoms in total. The van der Waals surface area contributed by atoms with Crippen LogP contribution in [0.5, 0.6) is 0 Å². The van der Waals surface area contributed by atoms with Crippen LogP contribution < -0.4 is 5.32 Å². The van der Waals surface area contributed by atoms with Crippen LogP contribution in [0.1, 0.15) is 0 Å². The van der Waals surface area contributed by atoms with Crippen LogP contribution in [0, 0.1) is 0 Å². The van der Waals surface area contributed by atoms with Crippen molar-refractivity contribution in [3.05, 3.63) is 42.5 Å². The molecule has 1 fully saturated rings. The van der Waals surface area contributed by atoms with E-state index in [4.69, 9.17) is 9.15 Å². The first kappa shape index (κ1) is 17.8. The average molecular weight is 373 g/mol. The lowest BCUT2D eigenvalue weighted by Gasteiger charge is -2.39. The number of ether oxygens (including phenoxy) is 1. The van der Waals surface area contributed by atoms with Gasteiger partial charge < -0.3 is 34.9 Å². The van der Waals surface area contributed by atoms with Gasteiger partial charge in [-0.25, -0.2) is 0 Å². The predicted molar refractivity (Wildman–Crippen MR) is 94.6 cm³/mol. The highest BCUT2D eigenvalue weighted by Gasteiger charge is 2.43. The van der Waals surface area contributed by atoms with E-state index in [2.05, 4.69) is 15.5 Å². The number of hydrogen-bond donors (Lipinski definition) is 5. The van der Waals surface area contributed by atoms with E-state index in [1.54, 1.807) is 0 Å². The molecule has 0 saturated carbocycles. The fourth-order valence-corrected chi connectivity index (χ4v) is 3.14. The van der Waals surface area contributed by atoms with E-state index in [1.807, 2.05) is 42.5 Å². The quantitative estimate of drug-likeness (QED) is 0.430.